The molecule has 39 heavy (non-hydrogen) atoms. The summed E-state index contributed by atoms with van der Waals surface area (Å²) in [6, 6.07) is 27.0. The zero-order valence-electron chi connectivity index (χ0n) is 21.2. The first kappa shape index (κ1) is 26.5. The van der Waals surface area contributed by atoms with Crippen LogP contribution in [0.1, 0.15) is 29.5 Å². The highest BCUT2D eigenvalue weighted by atomic mass is 35.5. The Kier molecular flexibility index (Phi) is 8.30. The van der Waals surface area contributed by atoms with E-state index >= 15 is 0 Å². The second kappa shape index (κ2) is 12.2. The summed E-state index contributed by atoms with van der Waals surface area (Å²) in [5, 5.41) is 24.9. The minimum Gasteiger partial charge on any atom is -0.456 e. The molecule has 0 radical (unpaired) electrons. The number of benzene rings is 3. The monoisotopic (exact) mass is 554 g/mol. The maximum atomic E-state index is 8.51. The molecule has 1 aliphatic carbocycles. The molecule has 1 heterocycles. The van der Waals surface area contributed by atoms with Crippen LogP contribution in [-0.2, 0) is 6.54 Å². The molecule has 0 saturated heterocycles. The molecule has 196 valence electrons. The quantitative estimate of drug-likeness (QED) is 0.131. The minimum absolute atomic E-state index is 0.334. The van der Waals surface area contributed by atoms with Crippen molar-refractivity contribution in [2.24, 2.45) is 0 Å². The summed E-state index contributed by atoms with van der Waals surface area (Å²) in [6.07, 6.45) is 5.71. The van der Waals surface area contributed by atoms with Crippen molar-refractivity contribution >= 4 is 34.9 Å². The number of furan rings is 1. The maximum absolute atomic E-state index is 8.51. The Labute approximate surface area is 238 Å². The SMILES string of the molecule is N=C(NCC1=CC=C(Cl)CC1)c1cccc(-c2ccc(-c3cccc(C(=N)NCc4ccc(Cl)cc4)c3)o2)c1. The molecule has 0 aliphatic heterocycles. The Morgan fingerprint density at radius 1 is 0.692 bits per heavy atom. The number of halogens is 2. The molecule has 5 rings (SSSR count). The first-order chi connectivity index (χ1) is 18.9. The third-order valence-corrected chi connectivity index (χ3v) is 7.10. The lowest BCUT2D eigenvalue weighted by Crippen LogP contribution is -2.26. The Balaban J connectivity index is 1.25. The normalized spacial score (nSPS) is 12.9. The molecule has 3 aromatic carbocycles. The average Bonchev–Trinajstić information content (AvgIpc) is 3.47. The van der Waals surface area contributed by atoms with Gasteiger partial charge in [0.25, 0.3) is 0 Å². The molecule has 5 nitrogen and oxygen atoms in total. The van der Waals surface area contributed by atoms with Gasteiger partial charge in [0.05, 0.1) is 0 Å². The summed E-state index contributed by atoms with van der Waals surface area (Å²) >= 11 is 12.0. The van der Waals surface area contributed by atoms with Crippen LogP contribution in [0, 0.1) is 10.8 Å². The lowest BCUT2D eigenvalue weighted by Gasteiger charge is -2.14. The number of rotatable bonds is 8. The van der Waals surface area contributed by atoms with E-state index in [-0.39, 0.29) is 0 Å². The number of allylic oxidation sites excluding steroid dienone is 3. The van der Waals surface area contributed by atoms with Crippen molar-refractivity contribution in [1.82, 2.24) is 10.6 Å². The predicted octanol–water partition coefficient (Wildman–Crippen LogP) is 8.14. The van der Waals surface area contributed by atoms with Crippen LogP contribution < -0.4 is 10.6 Å². The molecular weight excluding hydrogens is 527 g/mol. The number of hydrogen-bond acceptors (Lipinski definition) is 3. The van der Waals surface area contributed by atoms with Crippen LogP contribution in [-0.4, -0.2) is 18.2 Å². The van der Waals surface area contributed by atoms with Gasteiger partial charge in [-0.2, -0.15) is 0 Å². The molecule has 0 saturated carbocycles. The Bertz CT molecular complexity index is 1570. The zero-order chi connectivity index (χ0) is 27.2. The molecule has 0 spiro atoms. The molecule has 0 amide bonds. The molecule has 1 aliphatic rings. The van der Waals surface area contributed by atoms with Gasteiger partial charge in [-0.25, -0.2) is 0 Å². The van der Waals surface area contributed by atoms with Gasteiger partial charge >= 0.3 is 0 Å². The van der Waals surface area contributed by atoms with Gasteiger partial charge in [-0.15, -0.1) is 0 Å². The van der Waals surface area contributed by atoms with Crippen molar-refractivity contribution in [2.45, 2.75) is 19.4 Å². The number of hydrogen-bond donors (Lipinski definition) is 4. The topological polar surface area (TPSA) is 84.9 Å². The minimum atomic E-state index is 0.334. The van der Waals surface area contributed by atoms with Gasteiger partial charge in [-0.3, -0.25) is 10.8 Å². The van der Waals surface area contributed by atoms with E-state index in [1.54, 1.807) is 0 Å². The van der Waals surface area contributed by atoms with Gasteiger partial charge in [0.15, 0.2) is 0 Å². The lowest BCUT2D eigenvalue weighted by atomic mass is 10.0. The van der Waals surface area contributed by atoms with Gasteiger partial charge in [-0.1, -0.05) is 83.4 Å². The van der Waals surface area contributed by atoms with Crippen LogP contribution in [0.2, 0.25) is 5.02 Å². The zero-order valence-corrected chi connectivity index (χ0v) is 22.7. The third-order valence-electron chi connectivity index (χ3n) is 6.54. The van der Waals surface area contributed by atoms with Gasteiger partial charge in [0.1, 0.15) is 23.2 Å². The van der Waals surface area contributed by atoms with Crippen molar-refractivity contribution in [3.8, 4) is 22.6 Å². The van der Waals surface area contributed by atoms with Crippen LogP contribution in [0.4, 0.5) is 0 Å². The fourth-order valence-corrected chi connectivity index (χ4v) is 4.59. The van der Waals surface area contributed by atoms with Crippen molar-refractivity contribution < 1.29 is 4.42 Å². The molecule has 4 aromatic rings. The summed E-state index contributed by atoms with van der Waals surface area (Å²) in [6.45, 7) is 1.16. The molecule has 1 aromatic heterocycles. The summed E-state index contributed by atoms with van der Waals surface area (Å²) in [5.74, 6) is 2.13. The highest BCUT2D eigenvalue weighted by Crippen LogP contribution is 2.29. The smallest absolute Gasteiger partial charge is 0.134 e. The first-order valence-electron chi connectivity index (χ1n) is 12.7. The Morgan fingerprint density at radius 3 is 1.85 bits per heavy atom. The fraction of sp³-hybridized carbons (Fsp3) is 0.125. The van der Waals surface area contributed by atoms with Gasteiger partial charge < -0.3 is 15.1 Å². The van der Waals surface area contributed by atoms with Crippen LogP contribution >= 0.6 is 23.2 Å². The van der Waals surface area contributed by atoms with Crippen LogP contribution in [0.15, 0.2) is 112 Å². The second-order valence-electron chi connectivity index (χ2n) is 9.35. The van der Waals surface area contributed by atoms with E-state index < -0.39 is 0 Å². The lowest BCUT2D eigenvalue weighted by molar-refractivity contribution is 0.597. The summed E-state index contributed by atoms with van der Waals surface area (Å²) in [5.41, 5.74) is 5.62. The molecule has 7 heteroatoms. The van der Waals surface area contributed by atoms with Crippen LogP contribution in [0.25, 0.3) is 22.6 Å². The highest BCUT2D eigenvalue weighted by Gasteiger charge is 2.12. The van der Waals surface area contributed by atoms with Crippen molar-refractivity contribution in [1.29, 1.82) is 10.8 Å². The maximum Gasteiger partial charge on any atom is 0.134 e. The summed E-state index contributed by atoms with van der Waals surface area (Å²) in [4.78, 5) is 0. The number of nitrogens with one attached hydrogen (secondary N) is 4. The fourth-order valence-electron chi connectivity index (χ4n) is 4.31. The molecule has 4 N–H and O–H groups in total. The molecular formula is C32H28Cl2N4O. The van der Waals surface area contributed by atoms with E-state index in [4.69, 9.17) is 38.4 Å². The summed E-state index contributed by atoms with van der Waals surface area (Å²) < 4.78 is 6.21. The van der Waals surface area contributed by atoms with E-state index in [0.29, 0.717) is 35.5 Å². The molecule has 0 fully saturated rings. The van der Waals surface area contributed by atoms with E-state index in [1.165, 1.54) is 5.57 Å². The Hall–Kier alpha value is -4.06. The summed E-state index contributed by atoms with van der Waals surface area (Å²) in [7, 11) is 0. The Morgan fingerprint density at radius 2 is 1.28 bits per heavy atom. The van der Waals surface area contributed by atoms with Gasteiger partial charge in [0.2, 0.25) is 0 Å². The van der Waals surface area contributed by atoms with E-state index in [0.717, 1.165) is 51.5 Å². The van der Waals surface area contributed by atoms with Crippen molar-refractivity contribution in [3.05, 3.63) is 129 Å². The van der Waals surface area contributed by atoms with Crippen molar-refractivity contribution in [3.63, 3.8) is 0 Å². The van der Waals surface area contributed by atoms with Crippen LogP contribution in [0.3, 0.4) is 0 Å². The van der Waals surface area contributed by atoms with E-state index in [1.807, 2.05) is 97.1 Å². The molecule has 0 bridgehead atoms. The van der Waals surface area contributed by atoms with Gasteiger partial charge in [-0.05, 0) is 60.9 Å². The number of amidine groups is 2. The predicted molar refractivity (Wildman–Crippen MR) is 161 cm³/mol. The first-order valence-corrected chi connectivity index (χ1v) is 13.4. The molecule has 0 atom stereocenters. The highest BCUT2D eigenvalue weighted by molar-refractivity contribution is 6.30. The third kappa shape index (κ3) is 6.88. The van der Waals surface area contributed by atoms with E-state index in [2.05, 4.69) is 10.6 Å². The van der Waals surface area contributed by atoms with Gasteiger partial charge in [0, 0.05) is 45.4 Å². The standard InChI is InChI=1S/C32H28Cl2N4O/c33-27-11-7-21(8-12-27)19-37-31(35)25-5-1-3-23(17-25)29-15-16-30(39-29)24-4-2-6-26(18-24)32(36)38-20-22-9-13-28(34)14-10-22/h1-9,11-13,15-18H,10,14,19-20H2,(H2,35,37)(H2,36,38). The van der Waals surface area contributed by atoms with Crippen LogP contribution in [0.5, 0.6) is 0 Å². The second-order valence-corrected chi connectivity index (χ2v) is 10.3. The van der Waals surface area contributed by atoms with E-state index in [9.17, 15) is 0 Å². The largest absolute Gasteiger partial charge is 0.456 e. The average molecular weight is 556 g/mol. The molecule has 0 unspecified atom stereocenters. The van der Waals surface area contributed by atoms with Crippen molar-refractivity contribution in [2.75, 3.05) is 6.54 Å².